The highest BCUT2D eigenvalue weighted by Crippen LogP contribution is 2.41. The Morgan fingerprint density at radius 3 is 2.87 bits per heavy atom. The molecule has 1 N–H and O–H groups in total. The largest absolute Gasteiger partial charge is 0.483 e. The summed E-state index contributed by atoms with van der Waals surface area (Å²) in [7, 11) is 0. The maximum Gasteiger partial charge on any atom is 0.146 e. The molecule has 1 aromatic rings. The third kappa shape index (κ3) is 1.46. The van der Waals surface area contributed by atoms with E-state index < -0.39 is 0 Å². The fraction of sp³-hybridized carbons (Fsp3) is 0.500. The molecule has 3 rings (SSSR count). The lowest BCUT2D eigenvalue weighted by Gasteiger charge is -2.36. The molecule has 80 valence electrons. The van der Waals surface area contributed by atoms with Crippen molar-refractivity contribution in [2.75, 3.05) is 11.9 Å². The van der Waals surface area contributed by atoms with Crippen molar-refractivity contribution in [3.8, 4) is 5.75 Å². The van der Waals surface area contributed by atoms with Crippen LogP contribution >= 0.6 is 0 Å². The lowest BCUT2D eigenvalue weighted by atomic mass is 10.00. The van der Waals surface area contributed by atoms with Gasteiger partial charge < -0.3 is 10.1 Å². The zero-order valence-electron chi connectivity index (χ0n) is 8.55. The average Bonchev–Trinajstić information content (AvgIpc) is 2.66. The van der Waals surface area contributed by atoms with Gasteiger partial charge in [0.05, 0.1) is 12.2 Å². The average molecular weight is 207 g/mol. The van der Waals surface area contributed by atoms with E-state index in [0.717, 1.165) is 25.1 Å². The van der Waals surface area contributed by atoms with Crippen LogP contribution in [0.4, 0.5) is 10.1 Å². The molecule has 1 saturated carbocycles. The van der Waals surface area contributed by atoms with Crippen LogP contribution in [0.2, 0.25) is 0 Å². The Morgan fingerprint density at radius 1 is 1.27 bits per heavy atom. The van der Waals surface area contributed by atoms with Gasteiger partial charge in [-0.2, -0.15) is 0 Å². The molecule has 15 heavy (non-hydrogen) atoms. The molecular formula is C12H14FNO. The molecule has 1 aliphatic heterocycles. The van der Waals surface area contributed by atoms with E-state index >= 15 is 0 Å². The molecule has 0 unspecified atom stereocenters. The number of hydrogen-bond acceptors (Lipinski definition) is 2. The number of fused-ring (bicyclic) bond motifs is 1. The SMILES string of the molecule is Fc1ccc2c(c1)OC1(CCCC1)CN2. The summed E-state index contributed by atoms with van der Waals surface area (Å²) in [5, 5.41) is 3.33. The van der Waals surface area contributed by atoms with Crippen molar-refractivity contribution in [3.05, 3.63) is 24.0 Å². The Morgan fingerprint density at radius 2 is 2.07 bits per heavy atom. The van der Waals surface area contributed by atoms with E-state index in [2.05, 4.69) is 5.32 Å². The number of rotatable bonds is 0. The summed E-state index contributed by atoms with van der Waals surface area (Å²) in [5.41, 5.74) is 0.842. The summed E-state index contributed by atoms with van der Waals surface area (Å²) in [6.45, 7) is 0.853. The van der Waals surface area contributed by atoms with Crippen LogP contribution in [-0.2, 0) is 0 Å². The molecular weight excluding hydrogens is 193 g/mol. The third-order valence-corrected chi connectivity index (χ3v) is 3.39. The number of ether oxygens (including phenoxy) is 1. The van der Waals surface area contributed by atoms with Gasteiger partial charge >= 0.3 is 0 Å². The molecule has 0 aromatic heterocycles. The number of anilines is 1. The van der Waals surface area contributed by atoms with Crippen LogP contribution in [0.3, 0.4) is 0 Å². The molecule has 1 fully saturated rings. The van der Waals surface area contributed by atoms with Gasteiger partial charge in [-0.15, -0.1) is 0 Å². The highest BCUT2D eigenvalue weighted by Gasteiger charge is 2.39. The second-order valence-corrected chi connectivity index (χ2v) is 4.49. The Bertz CT molecular complexity index is 385. The highest BCUT2D eigenvalue weighted by molar-refractivity contribution is 5.58. The van der Waals surface area contributed by atoms with Gasteiger partial charge in [-0.25, -0.2) is 4.39 Å². The number of benzene rings is 1. The van der Waals surface area contributed by atoms with E-state index in [0.29, 0.717) is 5.75 Å². The summed E-state index contributed by atoms with van der Waals surface area (Å²) in [4.78, 5) is 0. The van der Waals surface area contributed by atoms with Crippen LogP contribution in [0, 0.1) is 5.82 Å². The van der Waals surface area contributed by atoms with Crippen molar-refractivity contribution in [1.82, 2.24) is 0 Å². The van der Waals surface area contributed by atoms with Gasteiger partial charge in [-0.05, 0) is 37.8 Å². The Hall–Kier alpha value is -1.25. The Labute approximate surface area is 88.4 Å². The molecule has 0 saturated heterocycles. The van der Waals surface area contributed by atoms with E-state index in [4.69, 9.17) is 4.74 Å². The van der Waals surface area contributed by atoms with Crippen molar-refractivity contribution in [2.24, 2.45) is 0 Å². The summed E-state index contributed by atoms with van der Waals surface area (Å²) in [5.74, 6) is 0.439. The minimum atomic E-state index is -0.231. The van der Waals surface area contributed by atoms with Crippen LogP contribution in [0.25, 0.3) is 0 Å². The van der Waals surface area contributed by atoms with Crippen LogP contribution in [0.15, 0.2) is 18.2 Å². The predicted molar refractivity (Wildman–Crippen MR) is 56.7 cm³/mol. The maximum atomic E-state index is 13.1. The number of hydrogen-bond donors (Lipinski definition) is 1. The van der Waals surface area contributed by atoms with Crippen LogP contribution in [-0.4, -0.2) is 12.1 Å². The molecule has 0 radical (unpaired) electrons. The maximum absolute atomic E-state index is 13.1. The molecule has 3 heteroatoms. The summed E-state index contributed by atoms with van der Waals surface area (Å²) >= 11 is 0. The Balaban J connectivity index is 1.94. The third-order valence-electron chi connectivity index (χ3n) is 3.39. The first-order valence-corrected chi connectivity index (χ1v) is 5.50. The minimum Gasteiger partial charge on any atom is -0.483 e. The second-order valence-electron chi connectivity index (χ2n) is 4.49. The first kappa shape index (κ1) is 9.01. The fourth-order valence-corrected chi connectivity index (χ4v) is 2.55. The van der Waals surface area contributed by atoms with Gasteiger partial charge in [-0.1, -0.05) is 0 Å². The minimum absolute atomic E-state index is 0.0687. The monoisotopic (exact) mass is 207 g/mol. The Kier molecular flexibility index (Phi) is 1.87. The smallest absolute Gasteiger partial charge is 0.146 e. The molecule has 2 aliphatic rings. The van der Waals surface area contributed by atoms with Crippen LogP contribution < -0.4 is 10.1 Å². The van der Waals surface area contributed by atoms with E-state index in [1.807, 2.05) is 0 Å². The van der Waals surface area contributed by atoms with E-state index in [1.165, 1.54) is 25.0 Å². The zero-order valence-corrected chi connectivity index (χ0v) is 8.55. The van der Waals surface area contributed by atoms with Crippen LogP contribution in [0.5, 0.6) is 5.75 Å². The molecule has 1 aromatic carbocycles. The highest BCUT2D eigenvalue weighted by atomic mass is 19.1. The van der Waals surface area contributed by atoms with Crippen molar-refractivity contribution in [2.45, 2.75) is 31.3 Å². The quantitative estimate of drug-likeness (QED) is 0.706. The first-order valence-electron chi connectivity index (χ1n) is 5.50. The van der Waals surface area contributed by atoms with Gasteiger partial charge in [0.1, 0.15) is 17.2 Å². The summed E-state index contributed by atoms with van der Waals surface area (Å²) in [6.07, 6.45) is 4.59. The van der Waals surface area contributed by atoms with E-state index in [-0.39, 0.29) is 11.4 Å². The molecule has 1 aliphatic carbocycles. The fourth-order valence-electron chi connectivity index (χ4n) is 2.55. The number of nitrogens with one attached hydrogen (secondary N) is 1. The molecule has 0 bridgehead atoms. The zero-order chi connectivity index (χ0) is 10.3. The van der Waals surface area contributed by atoms with Gasteiger partial charge in [0.25, 0.3) is 0 Å². The topological polar surface area (TPSA) is 21.3 Å². The standard InChI is InChI=1S/C12H14FNO/c13-9-3-4-10-11(7-9)15-12(8-14-10)5-1-2-6-12/h3-4,7,14H,1-2,5-6,8H2. The number of halogens is 1. The van der Waals surface area contributed by atoms with E-state index in [1.54, 1.807) is 6.07 Å². The van der Waals surface area contributed by atoms with E-state index in [9.17, 15) is 4.39 Å². The van der Waals surface area contributed by atoms with Gasteiger partial charge in [0.15, 0.2) is 0 Å². The second kappa shape index (κ2) is 3.12. The van der Waals surface area contributed by atoms with Gasteiger partial charge in [0, 0.05) is 6.07 Å². The lowest BCUT2D eigenvalue weighted by molar-refractivity contribution is 0.0826. The molecule has 1 heterocycles. The van der Waals surface area contributed by atoms with Crippen molar-refractivity contribution in [3.63, 3.8) is 0 Å². The lowest BCUT2D eigenvalue weighted by Crippen LogP contribution is -2.43. The summed E-state index contributed by atoms with van der Waals surface area (Å²) in [6, 6.07) is 4.68. The van der Waals surface area contributed by atoms with Gasteiger partial charge in [-0.3, -0.25) is 0 Å². The molecule has 0 atom stereocenters. The van der Waals surface area contributed by atoms with Gasteiger partial charge in [0.2, 0.25) is 0 Å². The van der Waals surface area contributed by atoms with Crippen molar-refractivity contribution < 1.29 is 9.13 Å². The molecule has 2 nitrogen and oxygen atoms in total. The summed E-state index contributed by atoms with van der Waals surface area (Å²) < 4.78 is 19.0. The molecule has 0 amide bonds. The normalized spacial score (nSPS) is 21.9. The molecule has 1 spiro atoms. The predicted octanol–water partition coefficient (Wildman–Crippen LogP) is 2.94. The van der Waals surface area contributed by atoms with Crippen LogP contribution in [0.1, 0.15) is 25.7 Å². The van der Waals surface area contributed by atoms with Crippen molar-refractivity contribution in [1.29, 1.82) is 0 Å². The van der Waals surface area contributed by atoms with Crippen molar-refractivity contribution >= 4 is 5.69 Å². The first-order chi connectivity index (χ1) is 7.27.